The quantitative estimate of drug-likeness (QED) is 0.837. The van der Waals surface area contributed by atoms with E-state index in [9.17, 15) is 5.11 Å². The van der Waals surface area contributed by atoms with Crippen molar-refractivity contribution in [2.45, 2.75) is 45.8 Å². The summed E-state index contributed by atoms with van der Waals surface area (Å²) in [6, 6.07) is 0. The van der Waals surface area contributed by atoms with Gasteiger partial charge in [0.2, 0.25) is 0 Å². The zero-order valence-electron chi connectivity index (χ0n) is 11.8. The average molecular weight is 318 g/mol. The van der Waals surface area contributed by atoms with Gasteiger partial charge in [-0.15, -0.1) is 0 Å². The molecule has 0 amide bonds. The molecule has 4 nitrogen and oxygen atoms in total. The molecule has 1 heterocycles. The molecule has 1 unspecified atom stereocenters. The summed E-state index contributed by atoms with van der Waals surface area (Å²) < 4.78 is 3.05. The Morgan fingerprint density at radius 3 is 2.56 bits per heavy atom. The second-order valence-corrected chi connectivity index (χ2v) is 5.62. The van der Waals surface area contributed by atoms with Gasteiger partial charge in [-0.25, -0.2) is 0 Å². The van der Waals surface area contributed by atoms with E-state index < -0.39 is 0 Å². The number of aromatic nitrogens is 2. The van der Waals surface area contributed by atoms with Gasteiger partial charge in [0.05, 0.1) is 22.0 Å². The summed E-state index contributed by atoms with van der Waals surface area (Å²) in [5, 5.41) is 14.6. The van der Waals surface area contributed by atoms with Gasteiger partial charge in [0, 0.05) is 13.0 Å². The zero-order valence-corrected chi connectivity index (χ0v) is 13.4. The lowest BCUT2D eigenvalue weighted by Crippen LogP contribution is -2.22. The Hall–Kier alpha value is -0.390. The molecule has 0 fully saturated rings. The second kappa shape index (κ2) is 7.26. The van der Waals surface area contributed by atoms with E-state index in [0.717, 1.165) is 41.8 Å². The van der Waals surface area contributed by atoms with Gasteiger partial charge >= 0.3 is 0 Å². The smallest absolute Gasteiger partial charge is 0.0766 e. The number of aryl methyl sites for hydroxylation is 2. The predicted octanol–water partition coefficient (Wildman–Crippen LogP) is 2.08. The summed E-state index contributed by atoms with van der Waals surface area (Å²) in [4.78, 5) is 2.09. The van der Waals surface area contributed by atoms with E-state index in [0.29, 0.717) is 6.42 Å². The summed E-state index contributed by atoms with van der Waals surface area (Å²) in [5.41, 5.74) is 2.19. The molecule has 1 aromatic heterocycles. The van der Waals surface area contributed by atoms with E-state index in [-0.39, 0.29) is 6.10 Å². The molecule has 0 aliphatic rings. The van der Waals surface area contributed by atoms with Gasteiger partial charge in [0.15, 0.2) is 0 Å². The van der Waals surface area contributed by atoms with Crippen LogP contribution >= 0.6 is 15.9 Å². The van der Waals surface area contributed by atoms with Crippen molar-refractivity contribution in [2.24, 2.45) is 0 Å². The molecule has 1 N–H and O–H groups in total. The molecule has 104 valence electrons. The molecular formula is C13H24BrN3O. The minimum absolute atomic E-state index is 0.310. The molecule has 0 spiro atoms. The van der Waals surface area contributed by atoms with E-state index in [2.05, 4.69) is 39.8 Å². The molecule has 0 saturated heterocycles. The molecule has 18 heavy (non-hydrogen) atoms. The van der Waals surface area contributed by atoms with Gasteiger partial charge in [0.1, 0.15) is 0 Å². The lowest BCUT2D eigenvalue weighted by Gasteiger charge is -2.15. The lowest BCUT2D eigenvalue weighted by molar-refractivity contribution is 0.149. The van der Waals surface area contributed by atoms with Crippen LogP contribution in [0.25, 0.3) is 0 Å². The standard InChI is InChI=1S/C13H24BrN3O/c1-5-11-13(14)12(17(6-2)15-11)9-10(18)7-8-16(3)4/h10,18H,5-9H2,1-4H3. The van der Waals surface area contributed by atoms with Crippen LogP contribution in [-0.4, -0.2) is 46.5 Å². The molecule has 1 aromatic rings. The maximum Gasteiger partial charge on any atom is 0.0766 e. The molecule has 0 aromatic carbocycles. The summed E-state index contributed by atoms with van der Waals surface area (Å²) in [6.45, 7) is 5.92. The fraction of sp³-hybridized carbons (Fsp3) is 0.769. The molecule has 0 aliphatic carbocycles. The maximum atomic E-state index is 10.1. The average Bonchev–Trinajstić information content (AvgIpc) is 2.63. The van der Waals surface area contributed by atoms with Crippen LogP contribution < -0.4 is 0 Å². The first kappa shape index (κ1) is 15.7. The van der Waals surface area contributed by atoms with Crippen LogP contribution in [0.1, 0.15) is 31.7 Å². The SMILES string of the molecule is CCc1nn(CC)c(CC(O)CCN(C)C)c1Br. The number of hydrogen-bond acceptors (Lipinski definition) is 3. The third kappa shape index (κ3) is 4.07. The molecule has 5 heteroatoms. The lowest BCUT2D eigenvalue weighted by atomic mass is 10.1. The summed E-state index contributed by atoms with van der Waals surface area (Å²) in [7, 11) is 4.04. The second-order valence-electron chi connectivity index (χ2n) is 4.83. The highest BCUT2D eigenvalue weighted by Crippen LogP contribution is 2.24. The summed E-state index contributed by atoms with van der Waals surface area (Å²) in [5.74, 6) is 0. The van der Waals surface area contributed by atoms with E-state index in [1.807, 2.05) is 18.8 Å². The molecular weight excluding hydrogens is 294 g/mol. The zero-order chi connectivity index (χ0) is 13.7. The van der Waals surface area contributed by atoms with E-state index in [4.69, 9.17) is 0 Å². The number of aliphatic hydroxyl groups is 1. The van der Waals surface area contributed by atoms with Gasteiger partial charge in [0.25, 0.3) is 0 Å². The van der Waals surface area contributed by atoms with Crippen molar-refractivity contribution in [1.29, 1.82) is 0 Å². The molecule has 1 atom stereocenters. The highest BCUT2D eigenvalue weighted by atomic mass is 79.9. The van der Waals surface area contributed by atoms with Gasteiger partial charge in [-0.3, -0.25) is 4.68 Å². The molecule has 0 bridgehead atoms. The number of nitrogens with zero attached hydrogens (tertiary/aromatic N) is 3. The van der Waals surface area contributed by atoms with E-state index in [1.165, 1.54) is 0 Å². The third-order valence-corrected chi connectivity index (χ3v) is 3.95. The van der Waals surface area contributed by atoms with Crippen LogP contribution in [0.3, 0.4) is 0 Å². The van der Waals surface area contributed by atoms with Crippen LogP contribution in [0.15, 0.2) is 4.47 Å². The van der Waals surface area contributed by atoms with E-state index >= 15 is 0 Å². The molecule has 0 radical (unpaired) electrons. The van der Waals surface area contributed by atoms with Gasteiger partial charge in [-0.1, -0.05) is 6.92 Å². The van der Waals surface area contributed by atoms with Crippen molar-refractivity contribution in [2.75, 3.05) is 20.6 Å². The minimum Gasteiger partial charge on any atom is -0.393 e. The normalized spacial score (nSPS) is 13.3. The number of aliphatic hydroxyl groups excluding tert-OH is 1. The minimum atomic E-state index is -0.310. The van der Waals surface area contributed by atoms with Gasteiger partial charge in [-0.05, 0) is 56.3 Å². The maximum absolute atomic E-state index is 10.1. The van der Waals surface area contributed by atoms with E-state index in [1.54, 1.807) is 0 Å². The van der Waals surface area contributed by atoms with Gasteiger partial charge < -0.3 is 10.0 Å². The largest absolute Gasteiger partial charge is 0.393 e. The Morgan fingerprint density at radius 1 is 1.39 bits per heavy atom. The van der Waals surface area contributed by atoms with Crippen LogP contribution in [-0.2, 0) is 19.4 Å². The van der Waals surface area contributed by atoms with Crippen molar-refractivity contribution < 1.29 is 5.11 Å². The van der Waals surface area contributed by atoms with Crippen molar-refractivity contribution in [3.05, 3.63) is 15.9 Å². The first-order valence-corrected chi connectivity index (χ1v) is 7.35. The first-order chi connectivity index (χ1) is 8.49. The Labute approximate surface area is 118 Å². The number of rotatable bonds is 7. The Morgan fingerprint density at radius 2 is 2.06 bits per heavy atom. The molecule has 0 aliphatic heterocycles. The van der Waals surface area contributed by atoms with Crippen molar-refractivity contribution >= 4 is 15.9 Å². The van der Waals surface area contributed by atoms with Crippen LogP contribution in [0.2, 0.25) is 0 Å². The van der Waals surface area contributed by atoms with Crippen LogP contribution in [0.4, 0.5) is 0 Å². The fourth-order valence-corrected chi connectivity index (χ4v) is 2.67. The summed E-state index contributed by atoms with van der Waals surface area (Å²) in [6.07, 6.45) is 2.05. The topological polar surface area (TPSA) is 41.3 Å². The molecule has 1 rings (SSSR count). The summed E-state index contributed by atoms with van der Waals surface area (Å²) >= 11 is 3.61. The predicted molar refractivity (Wildman–Crippen MR) is 77.9 cm³/mol. The Kier molecular flexibility index (Phi) is 6.32. The van der Waals surface area contributed by atoms with Crippen molar-refractivity contribution in [3.63, 3.8) is 0 Å². The fourth-order valence-electron chi connectivity index (χ4n) is 1.94. The number of halogens is 1. The highest BCUT2D eigenvalue weighted by molar-refractivity contribution is 9.10. The van der Waals surface area contributed by atoms with Gasteiger partial charge in [-0.2, -0.15) is 5.10 Å². The Balaban J connectivity index is 2.73. The Bertz CT molecular complexity index is 377. The number of hydrogen-bond donors (Lipinski definition) is 1. The third-order valence-electron chi connectivity index (χ3n) is 3.03. The molecule has 0 saturated carbocycles. The first-order valence-electron chi connectivity index (χ1n) is 6.56. The van der Waals surface area contributed by atoms with Crippen molar-refractivity contribution in [1.82, 2.24) is 14.7 Å². The monoisotopic (exact) mass is 317 g/mol. The van der Waals surface area contributed by atoms with Crippen molar-refractivity contribution in [3.8, 4) is 0 Å². The highest BCUT2D eigenvalue weighted by Gasteiger charge is 2.17. The van der Waals surface area contributed by atoms with Crippen LogP contribution in [0.5, 0.6) is 0 Å². The van der Waals surface area contributed by atoms with Crippen LogP contribution in [0, 0.1) is 0 Å².